The van der Waals surface area contributed by atoms with Crippen LogP contribution >= 0.6 is 0 Å². The average molecular weight is 516 g/mol. The van der Waals surface area contributed by atoms with Crippen molar-refractivity contribution in [3.63, 3.8) is 0 Å². The van der Waals surface area contributed by atoms with Crippen LogP contribution in [0.2, 0.25) is 0 Å². The van der Waals surface area contributed by atoms with E-state index < -0.39 is 11.7 Å². The molecule has 3 fully saturated rings. The van der Waals surface area contributed by atoms with Crippen LogP contribution in [0.4, 0.5) is 13.2 Å². The molecule has 2 saturated heterocycles. The molecule has 1 saturated carbocycles. The Hall–Kier alpha value is -2.52. The molecule has 1 atom stereocenters. The standard InChI is InChI=1S/C28H36F3N5O/c1-19-17-35(15-16-36(19)27(9-10-27)22-5-7-23(8-6-22)28(29,30)31)26(4)11-13-34(14-12-26)25(37)24-20(2)32-18-33-21(24)3/h5-8,18-19H,9-17H2,1-4H3/t19-/m0/s1. The predicted molar refractivity (Wildman–Crippen MR) is 135 cm³/mol. The lowest BCUT2D eigenvalue weighted by Crippen LogP contribution is -2.63. The zero-order valence-electron chi connectivity index (χ0n) is 22.1. The summed E-state index contributed by atoms with van der Waals surface area (Å²) in [5, 5.41) is 0. The molecule has 1 amide bonds. The highest BCUT2D eigenvalue weighted by Gasteiger charge is 2.53. The molecular weight excluding hydrogens is 479 g/mol. The van der Waals surface area contributed by atoms with Crippen molar-refractivity contribution in [2.75, 3.05) is 32.7 Å². The molecule has 37 heavy (non-hydrogen) atoms. The van der Waals surface area contributed by atoms with Gasteiger partial charge < -0.3 is 4.90 Å². The fourth-order valence-corrected chi connectivity index (χ4v) is 6.48. The van der Waals surface area contributed by atoms with Gasteiger partial charge in [0.05, 0.1) is 22.5 Å². The molecule has 5 rings (SSSR count). The molecule has 1 aromatic heterocycles. The number of amides is 1. The van der Waals surface area contributed by atoms with Crippen molar-refractivity contribution in [2.24, 2.45) is 0 Å². The first kappa shape index (κ1) is 26.1. The van der Waals surface area contributed by atoms with Crippen molar-refractivity contribution < 1.29 is 18.0 Å². The number of halogens is 3. The second kappa shape index (κ2) is 9.34. The van der Waals surface area contributed by atoms with Crippen molar-refractivity contribution in [3.05, 3.63) is 58.7 Å². The van der Waals surface area contributed by atoms with E-state index in [0.29, 0.717) is 24.7 Å². The summed E-state index contributed by atoms with van der Waals surface area (Å²) in [5.74, 6) is 0.0167. The van der Waals surface area contributed by atoms with Crippen LogP contribution in [0.5, 0.6) is 0 Å². The van der Waals surface area contributed by atoms with Gasteiger partial charge in [-0.3, -0.25) is 14.6 Å². The normalized spacial score (nSPS) is 24.2. The summed E-state index contributed by atoms with van der Waals surface area (Å²) in [6.07, 6.45) is 0.968. The van der Waals surface area contributed by atoms with Crippen LogP contribution < -0.4 is 0 Å². The van der Waals surface area contributed by atoms with Gasteiger partial charge in [0.15, 0.2) is 0 Å². The van der Waals surface area contributed by atoms with Crippen LogP contribution in [-0.2, 0) is 11.7 Å². The smallest absolute Gasteiger partial charge is 0.338 e. The second-order valence-electron chi connectivity index (χ2n) is 11.3. The topological polar surface area (TPSA) is 52.6 Å². The number of rotatable bonds is 4. The number of nitrogens with zero attached hydrogens (tertiary/aromatic N) is 5. The van der Waals surface area contributed by atoms with Crippen molar-refractivity contribution in [3.8, 4) is 0 Å². The molecule has 3 aliphatic rings. The number of alkyl halides is 3. The zero-order chi connectivity index (χ0) is 26.6. The fraction of sp³-hybridized carbons (Fsp3) is 0.607. The lowest BCUT2D eigenvalue weighted by atomic mass is 9.85. The highest BCUT2D eigenvalue weighted by Crippen LogP contribution is 2.53. The third-order valence-corrected chi connectivity index (χ3v) is 8.98. The number of piperazine rings is 1. The molecule has 1 aliphatic carbocycles. The molecule has 0 spiro atoms. The van der Waals surface area contributed by atoms with Crippen molar-refractivity contribution in [1.29, 1.82) is 0 Å². The summed E-state index contributed by atoms with van der Waals surface area (Å²) in [6.45, 7) is 12.4. The minimum absolute atomic E-state index is 0.0134. The summed E-state index contributed by atoms with van der Waals surface area (Å²) in [6, 6.07) is 6.07. The van der Waals surface area contributed by atoms with Gasteiger partial charge in [0, 0.05) is 49.8 Å². The van der Waals surface area contributed by atoms with Crippen LogP contribution in [0.25, 0.3) is 0 Å². The minimum Gasteiger partial charge on any atom is -0.338 e. The number of carbonyl (C=O) groups excluding carboxylic acids is 1. The Morgan fingerprint density at radius 1 is 0.946 bits per heavy atom. The minimum atomic E-state index is -4.31. The van der Waals surface area contributed by atoms with Crippen LogP contribution in [0, 0.1) is 13.8 Å². The van der Waals surface area contributed by atoms with E-state index >= 15 is 0 Å². The maximum absolute atomic E-state index is 13.2. The number of piperidine rings is 1. The molecule has 9 heteroatoms. The molecule has 1 aromatic carbocycles. The van der Waals surface area contributed by atoms with E-state index in [1.807, 2.05) is 18.7 Å². The fourth-order valence-electron chi connectivity index (χ4n) is 6.48. The van der Waals surface area contributed by atoms with Crippen LogP contribution in [0.1, 0.15) is 72.4 Å². The number of aromatic nitrogens is 2. The van der Waals surface area contributed by atoms with Crippen molar-refractivity contribution in [1.82, 2.24) is 24.7 Å². The Bertz CT molecular complexity index is 1130. The first-order valence-corrected chi connectivity index (χ1v) is 13.2. The predicted octanol–water partition coefficient (Wildman–Crippen LogP) is 4.80. The number of benzene rings is 1. The van der Waals surface area contributed by atoms with Gasteiger partial charge in [-0.2, -0.15) is 13.2 Å². The highest BCUT2D eigenvalue weighted by atomic mass is 19.4. The van der Waals surface area contributed by atoms with E-state index in [1.165, 1.54) is 18.5 Å². The maximum atomic E-state index is 13.2. The first-order valence-electron chi connectivity index (χ1n) is 13.2. The van der Waals surface area contributed by atoms with E-state index in [9.17, 15) is 18.0 Å². The third kappa shape index (κ3) is 4.76. The number of carbonyl (C=O) groups is 1. The summed E-state index contributed by atoms with van der Waals surface area (Å²) >= 11 is 0. The number of hydrogen-bond donors (Lipinski definition) is 0. The third-order valence-electron chi connectivity index (χ3n) is 8.98. The SMILES string of the molecule is Cc1ncnc(C)c1C(=O)N1CCC(C)(N2CCN(C3(c4ccc(C(F)(F)F)cc4)CC3)[C@@H](C)C2)CC1. The van der Waals surface area contributed by atoms with Crippen molar-refractivity contribution >= 4 is 5.91 Å². The summed E-state index contributed by atoms with van der Waals surface area (Å²) in [4.78, 5) is 28.7. The summed E-state index contributed by atoms with van der Waals surface area (Å²) < 4.78 is 39.2. The lowest BCUT2D eigenvalue weighted by molar-refractivity contribution is -0.137. The van der Waals surface area contributed by atoms with E-state index in [1.54, 1.807) is 12.1 Å². The van der Waals surface area contributed by atoms with Gasteiger partial charge in [0.2, 0.25) is 0 Å². The van der Waals surface area contributed by atoms with E-state index in [-0.39, 0.29) is 17.0 Å². The number of hydrogen-bond acceptors (Lipinski definition) is 5. The second-order valence-corrected chi connectivity index (χ2v) is 11.3. The Morgan fingerprint density at radius 2 is 1.54 bits per heavy atom. The summed E-state index contributed by atoms with van der Waals surface area (Å²) in [7, 11) is 0. The average Bonchev–Trinajstić information content (AvgIpc) is 3.66. The van der Waals surface area contributed by atoms with Crippen LogP contribution in [-0.4, -0.2) is 74.9 Å². The molecule has 2 aliphatic heterocycles. The molecule has 6 nitrogen and oxygen atoms in total. The zero-order valence-corrected chi connectivity index (χ0v) is 22.1. The Labute approximate surface area is 216 Å². The highest BCUT2D eigenvalue weighted by molar-refractivity contribution is 5.96. The monoisotopic (exact) mass is 515 g/mol. The number of likely N-dealkylation sites (tertiary alicyclic amines) is 1. The van der Waals surface area contributed by atoms with Gasteiger partial charge in [0.1, 0.15) is 6.33 Å². The molecule has 200 valence electrons. The van der Waals surface area contributed by atoms with Gasteiger partial charge in [-0.05, 0) is 71.1 Å². The van der Waals surface area contributed by atoms with E-state index in [4.69, 9.17) is 0 Å². The largest absolute Gasteiger partial charge is 0.416 e. The van der Waals surface area contributed by atoms with Crippen molar-refractivity contribution in [2.45, 2.75) is 76.7 Å². The Balaban J connectivity index is 1.22. The maximum Gasteiger partial charge on any atom is 0.416 e. The molecule has 2 aromatic rings. The van der Waals surface area contributed by atoms with Gasteiger partial charge in [-0.25, -0.2) is 9.97 Å². The molecule has 3 heterocycles. The number of aryl methyl sites for hydroxylation is 2. The molecule has 0 unspecified atom stereocenters. The van der Waals surface area contributed by atoms with Gasteiger partial charge in [-0.1, -0.05) is 12.1 Å². The van der Waals surface area contributed by atoms with Gasteiger partial charge in [0.25, 0.3) is 5.91 Å². The molecule has 0 bridgehead atoms. The Morgan fingerprint density at radius 3 is 2.05 bits per heavy atom. The lowest BCUT2D eigenvalue weighted by Gasteiger charge is -2.53. The van der Waals surface area contributed by atoms with E-state index in [2.05, 4.69) is 33.6 Å². The molecule has 0 radical (unpaired) electrons. The van der Waals surface area contributed by atoms with E-state index in [0.717, 1.165) is 62.3 Å². The first-order chi connectivity index (χ1) is 17.4. The van der Waals surface area contributed by atoms with Gasteiger partial charge >= 0.3 is 6.18 Å². The van der Waals surface area contributed by atoms with Gasteiger partial charge in [-0.15, -0.1) is 0 Å². The Kier molecular flexibility index (Phi) is 6.59. The van der Waals surface area contributed by atoms with Crippen LogP contribution in [0.3, 0.4) is 0 Å². The van der Waals surface area contributed by atoms with Crippen LogP contribution in [0.15, 0.2) is 30.6 Å². The molecular formula is C28H36F3N5O. The quantitative estimate of drug-likeness (QED) is 0.586. The molecule has 0 N–H and O–H groups in total. The summed E-state index contributed by atoms with van der Waals surface area (Å²) in [5.41, 5.74) is 2.34.